The number of primary amides is 1. The van der Waals surface area contributed by atoms with Crippen LogP contribution in [0.25, 0.3) is 0 Å². The SMILES string of the molecule is C[C@@H]1CC(CN2CCCCC2)C[N+]1(C(N)=O)C(=O)[C@@H](Cc1ccccc1)NS(C)(=O)=O. The largest absolute Gasteiger partial charge is 0.421 e. The third-order valence-corrected chi connectivity index (χ3v) is 7.37. The summed E-state index contributed by atoms with van der Waals surface area (Å²) in [6, 6.07) is 7.16. The summed E-state index contributed by atoms with van der Waals surface area (Å²) in [5.41, 5.74) is 6.65. The van der Waals surface area contributed by atoms with Gasteiger partial charge in [0, 0.05) is 25.3 Å². The van der Waals surface area contributed by atoms with Gasteiger partial charge in [0.05, 0.1) is 12.8 Å². The van der Waals surface area contributed by atoms with Gasteiger partial charge >= 0.3 is 11.9 Å². The lowest BCUT2D eigenvalue weighted by Gasteiger charge is -2.34. The first-order valence-corrected chi connectivity index (χ1v) is 13.0. The summed E-state index contributed by atoms with van der Waals surface area (Å²) >= 11 is 0. The van der Waals surface area contributed by atoms with Gasteiger partial charge in [-0.3, -0.25) is 0 Å². The van der Waals surface area contributed by atoms with E-state index in [-0.39, 0.29) is 18.4 Å². The van der Waals surface area contributed by atoms with Gasteiger partial charge in [-0.2, -0.15) is 9.21 Å². The van der Waals surface area contributed by atoms with E-state index in [9.17, 15) is 18.0 Å². The average molecular weight is 452 g/mol. The highest BCUT2D eigenvalue weighted by molar-refractivity contribution is 7.88. The molecule has 2 fully saturated rings. The highest BCUT2D eigenvalue weighted by atomic mass is 32.2. The predicted molar refractivity (Wildman–Crippen MR) is 119 cm³/mol. The van der Waals surface area contributed by atoms with Crippen LogP contribution in [0.3, 0.4) is 0 Å². The van der Waals surface area contributed by atoms with Crippen molar-refractivity contribution in [1.29, 1.82) is 0 Å². The molecule has 3 N–H and O–H groups in total. The molecular weight excluding hydrogens is 416 g/mol. The van der Waals surface area contributed by atoms with E-state index in [1.54, 1.807) is 0 Å². The Hall–Kier alpha value is -1.81. The van der Waals surface area contributed by atoms with E-state index in [4.69, 9.17) is 5.73 Å². The number of piperidine rings is 1. The number of sulfonamides is 1. The Morgan fingerprint density at radius 2 is 1.84 bits per heavy atom. The smallest absolute Gasteiger partial charge is 0.318 e. The Labute approximate surface area is 185 Å². The lowest BCUT2D eigenvalue weighted by Crippen LogP contribution is -2.67. The quantitative estimate of drug-likeness (QED) is 0.610. The number of hydrogen-bond donors (Lipinski definition) is 2. The molecule has 1 aromatic carbocycles. The lowest BCUT2D eigenvalue weighted by atomic mass is 10.0. The topological polar surface area (TPSA) is 110 Å². The van der Waals surface area contributed by atoms with Crippen molar-refractivity contribution < 1.29 is 22.5 Å². The van der Waals surface area contributed by atoms with Gasteiger partial charge in [-0.25, -0.2) is 18.0 Å². The average Bonchev–Trinajstić information content (AvgIpc) is 3.04. The molecule has 3 rings (SSSR count). The van der Waals surface area contributed by atoms with Gasteiger partial charge in [0.2, 0.25) is 10.0 Å². The molecule has 0 bridgehead atoms. The summed E-state index contributed by atoms with van der Waals surface area (Å²) in [5, 5.41) is 0. The molecule has 1 aromatic rings. The number of nitrogens with zero attached hydrogens (tertiary/aromatic N) is 2. The highest BCUT2D eigenvalue weighted by Gasteiger charge is 2.57. The molecule has 2 heterocycles. The monoisotopic (exact) mass is 451 g/mol. The minimum atomic E-state index is -3.67. The van der Waals surface area contributed by atoms with Crippen LogP contribution in [0.1, 0.15) is 38.2 Å². The minimum absolute atomic E-state index is 0.167. The standard InChI is InChI=1S/C22H34N4O4S/c1-17-13-19(15-25-11-7-4-8-12-25)16-26(17,22(23)28)21(27)20(24-31(2,29)30)14-18-9-5-3-6-10-18/h3,5-6,9-10,17,19-20,24H,4,7-8,11-16H2,1-2H3,(H-,23,28)/p+1/t17-,19?,20-,26?/m1/s1. The molecular formula is C22H35N4O4S+. The van der Waals surface area contributed by atoms with Crippen LogP contribution in [0.5, 0.6) is 0 Å². The molecule has 9 heteroatoms. The zero-order valence-electron chi connectivity index (χ0n) is 18.5. The Kier molecular flexibility index (Phi) is 7.51. The van der Waals surface area contributed by atoms with Gasteiger partial charge in [0.15, 0.2) is 0 Å². The van der Waals surface area contributed by atoms with Crippen molar-refractivity contribution >= 4 is 22.0 Å². The third-order valence-electron chi connectivity index (χ3n) is 6.66. The number of rotatable bonds is 7. The van der Waals surface area contributed by atoms with Crippen LogP contribution in [0.4, 0.5) is 4.79 Å². The van der Waals surface area contributed by atoms with Gasteiger partial charge in [0.25, 0.3) is 0 Å². The van der Waals surface area contributed by atoms with E-state index in [1.807, 2.05) is 37.3 Å². The van der Waals surface area contributed by atoms with Crippen LogP contribution in [-0.2, 0) is 21.2 Å². The number of quaternary nitrogens is 1. The van der Waals surface area contributed by atoms with Crippen LogP contribution in [0.15, 0.2) is 30.3 Å². The maximum absolute atomic E-state index is 13.8. The minimum Gasteiger partial charge on any atom is -0.318 e. The third kappa shape index (κ3) is 5.71. The van der Waals surface area contributed by atoms with E-state index in [0.29, 0.717) is 13.0 Å². The van der Waals surface area contributed by atoms with Crippen LogP contribution in [0.2, 0.25) is 0 Å². The van der Waals surface area contributed by atoms with Crippen molar-refractivity contribution in [2.45, 2.75) is 51.1 Å². The zero-order valence-corrected chi connectivity index (χ0v) is 19.3. The molecule has 2 unspecified atom stereocenters. The number of nitrogens with one attached hydrogen (secondary N) is 1. The molecule has 0 aliphatic carbocycles. The molecule has 2 aliphatic rings. The van der Waals surface area contributed by atoms with E-state index in [2.05, 4.69) is 9.62 Å². The second-order valence-corrected chi connectivity index (χ2v) is 11.0. The Morgan fingerprint density at radius 3 is 2.42 bits per heavy atom. The summed E-state index contributed by atoms with van der Waals surface area (Å²) < 4.78 is 26.0. The summed E-state index contributed by atoms with van der Waals surface area (Å²) in [7, 11) is -3.67. The van der Waals surface area contributed by atoms with Crippen molar-refractivity contribution in [3.63, 3.8) is 0 Å². The molecule has 0 saturated carbocycles. The molecule has 0 radical (unpaired) electrons. The molecule has 4 atom stereocenters. The van der Waals surface area contributed by atoms with Gasteiger partial charge in [-0.1, -0.05) is 36.8 Å². The van der Waals surface area contributed by atoms with Gasteiger partial charge in [-0.15, -0.1) is 0 Å². The molecule has 2 aliphatic heterocycles. The predicted octanol–water partition coefficient (Wildman–Crippen LogP) is 1.46. The lowest BCUT2D eigenvalue weighted by molar-refractivity contribution is -0.785. The first-order valence-electron chi connectivity index (χ1n) is 11.1. The van der Waals surface area contributed by atoms with Crippen LogP contribution in [-0.4, -0.2) is 74.3 Å². The maximum Gasteiger partial charge on any atom is 0.421 e. The fourth-order valence-corrected chi connectivity index (χ4v) is 5.95. The number of likely N-dealkylation sites (tertiary alicyclic amines) is 2. The molecule has 172 valence electrons. The first kappa shape index (κ1) is 23.8. The normalized spacial score (nSPS) is 28.3. The number of hydrogen-bond acceptors (Lipinski definition) is 5. The van der Waals surface area contributed by atoms with E-state index in [0.717, 1.165) is 31.5 Å². The Balaban J connectivity index is 1.85. The van der Waals surface area contributed by atoms with Crippen LogP contribution >= 0.6 is 0 Å². The number of carbonyl (C=O) groups is 2. The van der Waals surface area contributed by atoms with Crippen molar-refractivity contribution in [3.05, 3.63) is 35.9 Å². The van der Waals surface area contributed by atoms with E-state index >= 15 is 0 Å². The summed E-state index contributed by atoms with van der Waals surface area (Å²) in [5.74, 6) is -0.296. The Morgan fingerprint density at radius 1 is 1.19 bits per heavy atom. The van der Waals surface area contributed by atoms with Crippen molar-refractivity contribution in [1.82, 2.24) is 9.62 Å². The molecule has 2 saturated heterocycles. The maximum atomic E-state index is 13.8. The second-order valence-electron chi connectivity index (χ2n) is 9.17. The number of imide groups is 1. The Bertz CT molecular complexity index is 886. The first-order chi connectivity index (χ1) is 14.6. The number of nitrogens with two attached hydrogens (primary N) is 1. The van der Waals surface area contributed by atoms with Gasteiger partial charge in [-0.05, 0) is 38.4 Å². The fourth-order valence-electron chi connectivity index (χ4n) is 5.25. The van der Waals surface area contributed by atoms with Crippen molar-refractivity contribution in [2.75, 3.05) is 32.4 Å². The second kappa shape index (κ2) is 9.77. The molecule has 8 nitrogen and oxygen atoms in total. The molecule has 0 spiro atoms. The molecule has 31 heavy (non-hydrogen) atoms. The van der Waals surface area contributed by atoms with Crippen LogP contribution in [0, 0.1) is 5.92 Å². The van der Waals surface area contributed by atoms with Crippen molar-refractivity contribution in [2.24, 2.45) is 11.7 Å². The molecule has 0 aromatic heterocycles. The van der Waals surface area contributed by atoms with Gasteiger partial charge in [0.1, 0.15) is 12.1 Å². The van der Waals surface area contributed by atoms with Gasteiger partial charge < -0.3 is 10.6 Å². The van der Waals surface area contributed by atoms with E-state index < -0.39 is 32.5 Å². The summed E-state index contributed by atoms with van der Waals surface area (Å²) in [6.07, 6.45) is 5.50. The number of benzene rings is 1. The number of urea groups is 1. The number of amides is 3. The summed E-state index contributed by atoms with van der Waals surface area (Å²) in [6.45, 7) is 5.12. The van der Waals surface area contributed by atoms with E-state index in [1.165, 1.54) is 19.3 Å². The molecule has 3 amide bonds. The van der Waals surface area contributed by atoms with Crippen molar-refractivity contribution in [3.8, 4) is 0 Å². The van der Waals surface area contributed by atoms with Crippen LogP contribution < -0.4 is 10.5 Å². The summed E-state index contributed by atoms with van der Waals surface area (Å²) in [4.78, 5) is 28.9. The fraction of sp³-hybridized carbons (Fsp3) is 0.636. The highest BCUT2D eigenvalue weighted by Crippen LogP contribution is 2.34. The number of carbonyl (C=O) groups excluding carboxylic acids is 2. The zero-order chi connectivity index (χ0) is 22.6.